The molecule has 0 aliphatic heterocycles. The van der Waals surface area contributed by atoms with Crippen molar-refractivity contribution in [3.63, 3.8) is 0 Å². The van der Waals surface area contributed by atoms with Crippen molar-refractivity contribution in [2.45, 2.75) is 56.4 Å². The number of likely N-dealkylation sites (N-methyl/N-ethyl adjacent to an activating group) is 1. The summed E-state index contributed by atoms with van der Waals surface area (Å²) in [4.78, 5) is 32.0. The Kier molecular flexibility index (Phi) is 6.20. The van der Waals surface area contributed by atoms with Gasteiger partial charge in [-0.25, -0.2) is 4.98 Å². The van der Waals surface area contributed by atoms with Gasteiger partial charge in [0.2, 0.25) is 0 Å². The molecule has 5 rings (SSSR count). The van der Waals surface area contributed by atoms with Gasteiger partial charge in [0.1, 0.15) is 22.9 Å². The van der Waals surface area contributed by atoms with E-state index in [0.717, 1.165) is 32.1 Å². The number of fused-ring (bicyclic) bond motifs is 1. The number of hydrogen-bond donors (Lipinski definition) is 2. The summed E-state index contributed by atoms with van der Waals surface area (Å²) in [7, 11) is 5.37. The highest BCUT2D eigenvalue weighted by atomic mass is 16.5. The van der Waals surface area contributed by atoms with Crippen molar-refractivity contribution < 1.29 is 14.3 Å². The number of carbonyl (C=O) groups is 1. The van der Waals surface area contributed by atoms with Gasteiger partial charge in [0.25, 0.3) is 11.5 Å². The first kappa shape index (κ1) is 23.3. The molecule has 1 amide bonds. The second-order valence-electron chi connectivity index (χ2n) is 9.27. The number of pyridine rings is 1. The molecule has 2 aliphatic carbocycles. The molecule has 3 aromatic rings. The lowest BCUT2D eigenvalue weighted by Gasteiger charge is -2.29. The Balaban J connectivity index is 1.49. The average molecular weight is 482 g/mol. The fourth-order valence-corrected chi connectivity index (χ4v) is 5.02. The number of rotatable bonds is 8. The lowest BCUT2D eigenvalue weighted by molar-refractivity contribution is 0.0580. The average Bonchev–Trinajstić information content (AvgIpc) is 3.54. The molecule has 0 bridgehead atoms. The van der Waals surface area contributed by atoms with Crippen molar-refractivity contribution in [1.82, 2.24) is 19.2 Å². The zero-order chi connectivity index (χ0) is 24.7. The van der Waals surface area contributed by atoms with Crippen LogP contribution in [0, 0.1) is 0 Å². The molecule has 2 atom stereocenters. The molecule has 0 saturated heterocycles. The summed E-state index contributed by atoms with van der Waals surface area (Å²) in [5.41, 5.74) is 6.40. The number of nitrogens with one attached hydrogen (secondary N) is 1. The highest BCUT2D eigenvalue weighted by molar-refractivity contribution is 5.99. The van der Waals surface area contributed by atoms with Gasteiger partial charge in [0.15, 0.2) is 5.65 Å². The number of primary amides is 1. The van der Waals surface area contributed by atoms with Crippen LogP contribution >= 0.6 is 0 Å². The van der Waals surface area contributed by atoms with Gasteiger partial charge in [-0.3, -0.25) is 9.59 Å². The summed E-state index contributed by atoms with van der Waals surface area (Å²) in [6, 6.07) is 5.72. The lowest BCUT2D eigenvalue weighted by atomic mass is 9.92. The maximum absolute atomic E-state index is 13.4. The summed E-state index contributed by atoms with van der Waals surface area (Å²) >= 11 is 0. The molecule has 11 nitrogen and oxygen atoms in total. The SMILES string of the molecule is COC1CCC(n2cccc(Nc3cc(N(C)[C@H]4C[C@@H]4OC)n4ncc(C(N)=O)c4n3)c2=O)CC1. The highest BCUT2D eigenvalue weighted by Gasteiger charge is 2.42. The first-order valence-corrected chi connectivity index (χ1v) is 11.9. The van der Waals surface area contributed by atoms with Crippen molar-refractivity contribution in [1.29, 1.82) is 0 Å². The van der Waals surface area contributed by atoms with Crippen LogP contribution < -0.4 is 21.5 Å². The molecule has 35 heavy (non-hydrogen) atoms. The third-order valence-electron chi connectivity index (χ3n) is 7.19. The predicted molar refractivity (Wildman–Crippen MR) is 131 cm³/mol. The Labute approximate surface area is 202 Å². The van der Waals surface area contributed by atoms with Gasteiger partial charge in [-0.05, 0) is 44.2 Å². The maximum Gasteiger partial charge on any atom is 0.274 e. The molecule has 2 aliphatic rings. The molecule has 186 valence electrons. The molecule has 0 radical (unpaired) electrons. The molecule has 11 heteroatoms. The van der Waals surface area contributed by atoms with E-state index in [0.29, 0.717) is 23.0 Å². The zero-order valence-electron chi connectivity index (χ0n) is 20.2. The number of amides is 1. The Morgan fingerprint density at radius 1 is 1.23 bits per heavy atom. The van der Waals surface area contributed by atoms with E-state index >= 15 is 0 Å². The Morgan fingerprint density at radius 2 is 2.00 bits per heavy atom. The zero-order valence-corrected chi connectivity index (χ0v) is 20.2. The number of nitrogens with zero attached hydrogens (tertiary/aromatic N) is 5. The third-order valence-corrected chi connectivity index (χ3v) is 7.19. The molecule has 3 heterocycles. The second kappa shape index (κ2) is 9.31. The van der Waals surface area contributed by atoms with Crippen LogP contribution in [0.2, 0.25) is 0 Å². The molecule has 3 aromatic heterocycles. The monoisotopic (exact) mass is 481 g/mol. The second-order valence-corrected chi connectivity index (χ2v) is 9.27. The first-order chi connectivity index (χ1) is 16.9. The van der Waals surface area contributed by atoms with Crippen LogP contribution in [-0.2, 0) is 9.47 Å². The predicted octanol–water partition coefficient (Wildman–Crippen LogP) is 2.09. The highest BCUT2D eigenvalue weighted by Crippen LogP contribution is 2.35. The van der Waals surface area contributed by atoms with Crippen LogP contribution in [-0.4, -0.2) is 64.6 Å². The fourth-order valence-electron chi connectivity index (χ4n) is 5.02. The Hall–Kier alpha value is -3.44. The largest absolute Gasteiger partial charge is 0.381 e. The van der Waals surface area contributed by atoms with Gasteiger partial charge in [-0.1, -0.05) is 0 Å². The van der Waals surface area contributed by atoms with E-state index in [1.54, 1.807) is 29.4 Å². The minimum absolute atomic E-state index is 0.116. The van der Waals surface area contributed by atoms with E-state index in [1.165, 1.54) is 6.20 Å². The van der Waals surface area contributed by atoms with Crippen molar-refractivity contribution in [2.24, 2.45) is 5.73 Å². The lowest BCUT2D eigenvalue weighted by Crippen LogP contribution is -2.30. The van der Waals surface area contributed by atoms with Crippen molar-refractivity contribution in [3.05, 3.63) is 46.5 Å². The van der Waals surface area contributed by atoms with Gasteiger partial charge in [-0.2, -0.15) is 9.61 Å². The van der Waals surface area contributed by atoms with Crippen molar-refractivity contribution in [3.8, 4) is 0 Å². The van der Waals surface area contributed by atoms with Crippen LogP contribution in [0.3, 0.4) is 0 Å². The standard InChI is InChI=1S/C24H31N7O4/c1-29(18-11-19(18)35-3)21-12-20(28-23-16(22(25)32)13-26-31(21)23)27-17-5-4-10-30(24(17)33)14-6-8-15(34-2)9-7-14/h4-5,10,12-15,18-19H,6-9,11H2,1-3H3,(H2,25,32)(H,27,28)/t14?,15?,18-,19-/m0/s1. The summed E-state index contributed by atoms with van der Waals surface area (Å²) < 4.78 is 14.3. The third kappa shape index (κ3) is 4.37. The van der Waals surface area contributed by atoms with Gasteiger partial charge in [-0.15, -0.1) is 0 Å². The van der Waals surface area contributed by atoms with E-state index in [-0.39, 0.29) is 35.4 Å². The fraction of sp³-hybridized carbons (Fsp3) is 0.500. The number of methoxy groups -OCH3 is 2. The van der Waals surface area contributed by atoms with Crippen LogP contribution in [0.5, 0.6) is 0 Å². The van der Waals surface area contributed by atoms with Crippen LogP contribution in [0.15, 0.2) is 35.4 Å². The van der Waals surface area contributed by atoms with E-state index in [9.17, 15) is 9.59 Å². The Bertz CT molecular complexity index is 1290. The molecule has 0 spiro atoms. The van der Waals surface area contributed by atoms with Crippen molar-refractivity contribution >= 4 is 28.9 Å². The van der Waals surface area contributed by atoms with Gasteiger partial charge in [0, 0.05) is 39.6 Å². The smallest absolute Gasteiger partial charge is 0.274 e. The van der Waals surface area contributed by atoms with E-state index in [4.69, 9.17) is 15.2 Å². The molecule has 0 unspecified atom stereocenters. The maximum atomic E-state index is 13.4. The Morgan fingerprint density at radius 3 is 2.66 bits per heavy atom. The normalized spacial score (nSPS) is 23.9. The first-order valence-electron chi connectivity index (χ1n) is 11.9. The van der Waals surface area contributed by atoms with Crippen LogP contribution in [0.1, 0.15) is 48.5 Å². The molecule has 0 aromatic carbocycles. The number of ether oxygens (including phenoxy) is 2. The van der Waals surface area contributed by atoms with Crippen LogP contribution in [0.4, 0.5) is 17.3 Å². The quantitative estimate of drug-likeness (QED) is 0.500. The van der Waals surface area contributed by atoms with Gasteiger partial charge < -0.3 is 30.0 Å². The molecular formula is C24H31N7O4. The van der Waals surface area contributed by atoms with Crippen LogP contribution in [0.25, 0.3) is 5.65 Å². The van der Waals surface area contributed by atoms with Gasteiger partial charge >= 0.3 is 0 Å². The molecule has 3 N–H and O–H groups in total. The molecular weight excluding hydrogens is 450 g/mol. The molecule has 2 saturated carbocycles. The van der Waals surface area contributed by atoms with E-state index in [1.807, 2.05) is 30.3 Å². The number of carbonyl (C=O) groups excluding carboxylic acids is 1. The summed E-state index contributed by atoms with van der Waals surface area (Å²) in [5, 5.41) is 7.52. The summed E-state index contributed by atoms with van der Waals surface area (Å²) in [6.45, 7) is 0. The number of nitrogens with two attached hydrogens (primary N) is 1. The van der Waals surface area contributed by atoms with E-state index in [2.05, 4.69) is 15.4 Å². The van der Waals surface area contributed by atoms with Crippen molar-refractivity contribution in [2.75, 3.05) is 31.5 Å². The van der Waals surface area contributed by atoms with E-state index < -0.39 is 5.91 Å². The minimum atomic E-state index is -0.617. The molecule has 2 fully saturated rings. The summed E-state index contributed by atoms with van der Waals surface area (Å²) in [6.07, 6.45) is 8.16. The number of aromatic nitrogens is 4. The summed E-state index contributed by atoms with van der Waals surface area (Å²) in [5.74, 6) is 0.520. The topological polar surface area (TPSA) is 129 Å². The number of anilines is 3. The number of hydrogen-bond acceptors (Lipinski definition) is 8. The minimum Gasteiger partial charge on any atom is -0.381 e. The van der Waals surface area contributed by atoms with Gasteiger partial charge in [0.05, 0.1) is 24.4 Å².